The van der Waals surface area contributed by atoms with Crippen molar-refractivity contribution in [1.29, 1.82) is 0 Å². The first-order chi connectivity index (χ1) is 11.9. The van der Waals surface area contributed by atoms with Gasteiger partial charge in [-0.2, -0.15) is 0 Å². The van der Waals surface area contributed by atoms with Gasteiger partial charge in [-0.15, -0.1) is 0 Å². The molecule has 1 aromatic carbocycles. The molecule has 1 amide bonds. The molecule has 2 heterocycles. The molecule has 2 fully saturated rings. The number of ether oxygens (including phenoxy) is 1. The molecule has 2 saturated heterocycles. The molecule has 3 rings (SSSR count). The second kappa shape index (κ2) is 6.68. The van der Waals surface area contributed by atoms with Crippen LogP contribution < -0.4 is 0 Å². The number of hydrogen-bond donors (Lipinski definition) is 1. The summed E-state index contributed by atoms with van der Waals surface area (Å²) in [4.78, 5) is 27.8. The van der Waals surface area contributed by atoms with Crippen LogP contribution in [0, 0.1) is 11.6 Å². The predicted molar refractivity (Wildman–Crippen MR) is 84.0 cm³/mol. The summed E-state index contributed by atoms with van der Waals surface area (Å²) >= 11 is 0. The first-order valence-corrected chi connectivity index (χ1v) is 8.26. The second-order valence-corrected chi connectivity index (χ2v) is 6.34. The maximum atomic E-state index is 14.1. The van der Waals surface area contributed by atoms with E-state index in [2.05, 4.69) is 4.90 Å². The van der Waals surface area contributed by atoms with E-state index in [1.54, 1.807) is 0 Å². The van der Waals surface area contributed by atoms with Gasteiger partial charge in [0.25, 0.3) is 5.91 Å². The van der Waals surface area contributed by atoms with Crippen molar-refractivity contribution in [2.45, 2.75) is 31.5 Å². The van der Waals surface area contributed by atoms with Crippen molar-refractivity contribution in [3.63, 3.8) is 0 Å². The third-order valence-corrected chi connectivity index (χ3v) is 5.01. The summed E-state index contributed by atoms with van der Waals surface area (Å²) in [5.41, 5.74) is -1.41. The standard InChI is InChI=1S/C17H20F2N2O4/c1-2-20-7-5-17(6-8-20)21(14(10-25-17)16(23)24)15(22)12-4-3-11(18)9-13(12)19/h3-4,9,14H,2,5-8,10H2,1H3,(H,23,24)/t14-/m1/s1. The first-order valence-electron chi connectivity index (χ1n) is 8.26. The van der Waals surface area contributed by atoms with E-state index in [-0.39, 0.29) is 12.2 Å². The number of hydrogen-bond acceptors (Lipinski definition) is 4. The van der Waals surface area contributed by atoms with Crippen molar-refractivity contribution in [1.82, 2.24) is 9.80 Å². The fourth-order valence-electron chi connectivity index (χ4n) is 3.57. The van der Waals surface area contributed by atoms with E-state index in [4.69, 9.17) is 4.74 Å². The smallest absolute Gasteiger partial charge is 0.328 e. The minimum Gasteiger partial charge on any atom is -0.480 e. The average Bonchev–Trinajstić information content (AvgIpc) is 2.94. The number of piperidine rings is 1. The van der Waals surface area contributed by atoms with Crippen LogP contribution in [-0.4, -0.2) is 64.8 Å². The molecular formula is C17H20F2N2O4. The average molecular weight is 354 g/mol. The molecule has 0 unspecified atom stereocenters. The molecule has 25 heavy (non-hydrogen) atoms. The Hall–Kier alpha value is -2.06. The van der Waals surface area contributed by atoms with Crippen LogP contribution in [0.25, 0.3) is 0 Å². The highest BCUT2D eigenvalue weighted by Gasteiger charge is 2.54. The molecule has 1 spiro atoms. The summed E-state index contributed by atoms with van der Waals surface area (Å²) in [6.45, 7) is 4.02. The summed E-state index contributed by atoms with van der Waals surface area (Å²) in [7, 11) is 0. The Morgan fingerprint density at radius 3 is 2.56 bits per heavy atom. The van der Waals surface area contributed by atoms with Crippen LogP contribution in [0.3, 0.4) is 0 Å². The number of carbonyl (C=O) groups excluding carboxylic acids is 1. The Morgan fingerprint density at radius 2 is 2.00 bits per heavy atom. The molecule has 1 atom stereocenters. The van der Waals surface area contributed by atoms with Crippen LogP contribution in [0.4, 0.5) is 8.78 Å². The molecule has 136 valence electrons. The van der Waals surface area contributed by atoms with E-state index in [1.807, 2.05) is 6.92 Å². The number of carbonyl (C=O) groups is 2. The quantitative estimate of drug-likeness (QED) is 0.895. The number of halogens is 2. The van der Waals surface area contributed by atoms with Crippen LogP contribution in [0.2, 0.25) is 0 Å². The van der Waals surface area contributed by atoms with Gasteiger partial charge in [0.2, 0.25) is 0 Å². The molecule has 2 aliphatic rings. The number of nitrogens with zero attached hydrogens (tertiary/aromatic N) is 2. The molecule has 1 aromatic rings. The summed E-state index contributed by atoms with van der Waals surface area (Å²) in [5, 5.41) is 9.47. The lowest BCUT2D eigenvalue weighted by molar-refractivity contribution is -0.143. The van der Waals surface area contributed by atoms with E-state index in [9.17, 15) is 23.5 Å². The maximum Gasteiger partial charge on any atom is 0.328 e. The number of aliphatic carboxylic acids is 1. The highest BCUT2D eigenvalue weighted by Crippen LogP contribution is 2.38. The van der Waals surface area contributed by atoms with Crippen LogP contribution in [0.15, 0.2) is 18.2 Å². The molecule has 8 heteroatoms. The Bertz CT molecular complexity index is 689. The number of carboxylic acids is 1. The van der Waals surface area contributed by atoms with Crippen molar-refractivity contribution >= 4 is 11.9 Å². The van der Waals surface area contributed by atoms with Crippen molar-refractivity contribution in [3.05, 3.63) is 35.4 Å². The first kappa shape index (κ1) is 17.8. The summed E-state index contributed by atoms with van der Waals surface area (Å²) in [6.07, 6.45) is 0.887. The minimum absolute atomic E-state index is 0.143. The lowest BCUT2D eigenvalue weighted by Gasteiger charge is -2.44. The van der Waals surface area contributed by atoms with Crippen LogP contribution in [0.5, 0.6) is 0 Å². The zero-order valence-corrected chi connectivity index (χ0v) is 13.9. The highest BCUT2D eigenvalue weighted by molar-refractivity contribution is 5.97. The van der Waals surface area contributed by atoms with Crippen molar-refractivity contribution in [2.75, 3.05) is 26.2 Å². The van der Waals surface area contributed by atoms with Gasteiger partial charge < -0.3 is 14.7 Å². The topological polar surface area (TPSA) is 70.1 Å². The lowest BCUT2D eigenvalue weighted by Crippen LogP contribution is -2.58. The van der Waals surface area contributed by atoms with Gasteiger partial charge in [-0.1, -0.05) is 6.92 Å². The highest BCUT2D eigenvalue weighted by atomic mass is 19.1. The number of rotatable bonds is 3. The number of carboxylic acid groups (broad SMARTS) is 1. The molecule has 1 N–H and O–H groups in total. The van der Waals surface area contributed by atoms with Crippen LogP contribution in [-0.2, 0) is 9.53 Å². The normalized spacial score (nSPS) is 23.2. The lowest BCUT2D eigenvalue weighted by atomic mass is 9.96. The van der Waals surface area contributed by atoms with Gasteiger partial charge >= 0.3 is 5.97 Å². The van der Waals surface area contributed by atoms with E-state index >= 15 is 0 Å². The van der Waals surface area contributed by atoms with Crippen molar-refractivity contribution in [3.8, 4) is 0 Å². The van der Waals surface area contributed by atoms with Crippen molar-refractivity contribution < 1.29 is 28.2 Å². The van der Waals surface area contributed by atoms with Gasteiger partial charge in [0, 0.05) is 32.0 Å². The van der Waals surface area contributed by atoms with E-state index < -0.39 is 35.3 Å². The Kier molecular flexibility index (Phi) is 4.75. The van der Waals surface area contributed by atoms with Crippen LogP contribution in [0.1, 0.15) is 30.1 Å². The third kappa shape index (κ3) is 3.11. The molecular weight excluding hydrogens is 334 g/mol. The SMILES string of the molecule is CCN1CCC2(CC1)OC[C@H](C(=O)O)N2C(=O)c1ccc(F)cc1F. The third-order valence-electron chi connectivity index (χ3n) is 5.01. The molecule has 0 saturated carbocycles. The summed E-state index contributed by atoms with van der Waals surface area (Å²) in [5.74, 6) is -3.80. The number of amides is 1. The minimum atomic E-state index is -1.20. The predicted octanol–water partition coefficient (Wildman–Crippen LogP) is 1.70. The van der Waals surface area contributed by atoms with Gasteiger partial charge in [0.1, 0.15) is 17.4 Å². The maximum absolute atomic E-state index is 14.1. The second-order valence-electron chi connectivity index (χ2n) is 6.34. The fourth-order valence-corrected chi connectivity index (χ4v) is 3.57. The molecule has 2 aliphatic heterocycles. The summed E-state index contributed by atoms with van der Waals surface area (Å²) < 4.78 is 33.0. The molecule has 0 aliphatic carbocycles. The fraction of sp³-hybridized carbons (Fsp3) is 0.529. The Morgan fingerprint density at radius 1 is 1.32 bits per heavy atom. The zero-order chi connectivity index (χ0) is 18.2. The molecule has 0 bridgehead atoms. The molecule has 0 radical (unpaired) electrons. The van der Waals surface area contributed by atoms with Gasteiger partial charge in [-0.3, -0.25) is 9.69 Å². The number of likely N-dealkylation sites (tertiary alicyclic amines) is 1. The van der Waals surface area contributed by atoms with E-state index in [0.29, 0.717) is 32.0 Å². The molecule has 6 nitrogen and oxygen atoms in total. The Labute approximate surface area is 144 Å². The summed E-state index contributed by atoms with van der Waals surface area (Å²) in [6, 6.07) is 1.45. The Balaban J connectivity index is 1.95. The zero-order valence-electron chi connectivity index (χ0n) is 13.9. The van der Waals surface area contributed by atoms with Gasteiger partial charge in [-0.05, 0) is 18.7 Å². The van der Waals surface area contributed by atoms with Crippen LogP contribution >= 0.6 is 0 Å². The number of benzene rings is 1. The van der Waals surface area contributed by atoms with Gasteiger partial charge in [0.05, 0.1) is 12.2 Å². The van der Waals surface area contributed by atoms with Crippen molar-refractivity contribution in [2.24, 2.45) is 0 Å². The monoisotopic (exact) mass is 354 g/mol. The largest absolute Gasteiger partial charge is 0.480 e. The van der Waals surface area contributed by atoms with Gasteiger partial charge in [-0.25, -0.2) is 13.6 Å². The molecule has 0 aromatic heterocycles. The van der Waals surface area contributed by atoms with E-state index in [1.165, 1.54) is 0 Å². The van der Waals surface area contributed by atoms with E-state index in [0.717, 1.165) is 23.6 Å². The van der Waals surface area contributed by atoms with Gasteiger partial charge in [0.15, 0.2) is 6.04 Å².